The van der Waals surface area contributed by atoms with Crippen molar-refractivity contribution < 1.29 is 22.8 Å². The molecule has 4 heterocycles. The van der Waals surface area contributed by atoms with Gasteiger partial charge in [0.15, 0.2) is 5.65 Å². The molecule has 10 nitrogen and oxygen atoms in total. The zero-order valence-electron chi connectivity index (χ0n) is 22.8. The van der Waals surface area contributed by atoms with Crippen LogP contribution in [-0.4, -0.2) is 89.6 Å². The lowest BCUT2D eigenvalue weighted by Crippen LogP contribution is -2.47. The number of fused-ring (bicyclic) bond motifs is 1. The number of nitrogens with one attached hydrogen (secondary N) is 1. The fourth-order valence-electron chi connectivity index (χ4n) is 5.77. The number of carbonyl (C=O) groups excluding carboxylic acids is 1. The van der Waals surface area contributed by atoms with E-state index in [0.29, 0.717) is 60.6 Å². The maximum Gasteiger partial charge on any atom is 0.493 e. The number of hydrogen-bond acceptors (Lipinski definition) is 9. The normalized spacial score (nSPS) is 18.4. The van der Waals surface area contributed by atoms with Crippen LogP contribution in [0.4, 0.5) is 30.4 Å². The predicted octanol–water partition coefficient (Wildman–Crippen LogP) is 4.44. The first-order valence-electron chi connectivity index (χ1n) is 14.0. The molecule has 1 aliphatic carbocycles. The van der Waals surface area contributed by atoms with E-state index in [4.69, 9.17) is 16.4 Å². The molecule has 0 radical (unpaired) electrons. The predicted molar refractivity (Wildman–Crippen MR) is 149 cm³/mol. The number of carbonyl (C=O) groups is 1. The molecule has 3 fully saturated rings. The highest BCUT2D eigenvalue weighted by Gasteiger charge is 2.43. The van der Waals surface area contributed by atoms with Gasteiger partial charge in [-0.2, -0.15) is 18.3 Å². The Morgan fingerprint density at radius 3 is 2.49 bits per heavy atom. The number of anilines is 3. The van der Waals surface area contributed by atoms with Gasteiger partial charge in [0.25, 0.3) is 0 Å². The van der Waals surface area contributed by atoms with E-state index in [1.807, 2.05) is 13.0 Å². The van der Waals surface area contributed by atoms with Gasteiger partial charge in [-0.25, -0.2) is 19.8 Å². The van der Waals surface area contributed by atoms with Gasteiger partial charge in [-0.05, 0) is 63.4 Å². The van der Waals surface area contributed by atoms with Gasteiger partial charge >= 0.3 is 12.1 Å². The summed E-state index contributed by atoms with van der Waals surface area (Å²) >= 11 is 6.51. The Kier molecular flexibility index (Phi) is 7.58. The Balaban J connectivity index is 1.22. The number of aromatic amines is 1. The van der Waals surface area contributed by atoms with Crippen LogP contribution >= 0.6 is 11.6 Å². The minimum Gasteiger partial charge on any atom is -0.368 e. The maximum absolute atomic E-state index is 13.2. The number of nitrogens with zero attached hydrogens (tertiary/aromatic N) is 7. The minimum atomic E-state index is -5.11. The summed E-state index contributed by atoms with van der Waals surface area (Å²) in [7, 11) is 0. The zero-order chi connectivity index (χ0) is 28.7. The summed E-state index contributed by atoms with van der Waals surface area (Å²) in [5, 5.41) is 9.90. The van der Waals surface area contributed by atoms with Crippen molar-refractivity contribution in [1.29, 1.82) is 0 Å². The number of hydroxylamine groups is 1. The van der Waals surface area contributed by atoms with Gasteiger partial charge in [-0.15, -0.1) is 0 Å². The molecule has 1 aromatic carbocycles. The molecular weight excluding hydrogens is 561 g/mol. The topological polar surface area (TPSA) is 93.7 Å². The second-order valence-corrected chi connectivity index (χ2v) is 11.3. The van der Waals surface area contributed by atoms with Crippen molar-refractivity contribution in [2.45, 2.75) is 44.7 Å². The van der Waals surface area contributed by atoms with Crippen LogP contribution in [0.1, 0.15) is 42.9 Å². The number of H-pyrrole nitrogens is 1. The van der Waals surface area contributed by atoms with Crippen molar-refractivity contribution in [3.8, 4) is 0 Å². The molecule has 41 heavy (non-hydrogen) atoms. The van der Waals surface area contributed by atoms with Gasteiger partial charge < -0.3 is 19.5 Å². The molecule has 1 N–H and O–H groups in total. The lowest BCUT2D eigenvalue weighted by Gasteiger charge is -2.38. The monoisotopic (exact) mass is 592 g/mol. The molecule has 14 heteroatoms. The van der Waals surface area contributed by atoms with Crippen LogP contribution in [0.3, 0.4) is 0 Å². The molecule has 2 saturated heterocycles. The van der Waals surface area contributed by atoms with Gasteiger partial charge in [0.1, 0.15) is 12.1 Å². The molecular formula is C27H32ClF3N8O2. The number of hydrogen-bond donors (Lipinski definition) is 1. The molecule has 0 bridgehead atoms. The lowest BCUT2D eigenvalue weighted by molar-refractivity contribution is -0.201. The summed E-state index contributed by atoms with van der Waals surface area (Å²) in [6.45, 7) is 6.73. The first kappa shape index (κ1) is 27.8. The minimum absolute atomic E-state index is 0.0912. The fraction of sp³-hybridized carbons (Fsp3) is 0.556. The first-order valence-corrected chi connectivity index (χ1v) is 14.3. The number of alkyl halides is 3. The maximum atomic E-state index is 13.2. The molecule has 0 amide bonds. The van der Waals surface area contributed by atoms with E-state index in [1.165, 1.54) is 6.33 Å². The third-order valence-corrected chi connectivity index (χ3v) is 8.31. The van der Waals surface area contributed by atoms with E-state index in [0.717, 1.165) is 66.4 Å². The third kappa shape index (κ3) is 5.87. The second-order valence-electron chi connectivity index (χ2n) is 10.9. The molecule has 3 aliphatic rings. The number of likely N-dealkylation sites (tertiary alicyclic amines) is 1. The van der Waals surface area contributed by atoms with E-state index in [9.17, 15) is 18.0 Å². The van der Waals surface area contributed by atoms with Crippen LogP contribution in [0, 0.1) is 6.92 Å². The number of piperazine rings is 1. The Morgan fingerprint density at radius 2 is 1.80 bits per heavy atom. The summed E-state index contributed by atoms with van der Waals surface area (Å²) in [6.07, 6.45) is 0.758. The Morgan fingerprint density at radius 1 is 1.10 bits per heavy atom. The van der Waals surface area contributed by atoms with Gasteiger partial charge in [0.2, 0.25) is 0 Å². The van der Waals surface area contributed by atoms with Crippen LogP contribution in [0.25, 0.3) is 11.0 Å². The van der Waals surface area contributed by atoms with Crippen LogP contribution < -0.4 is 14.9 Å². The smallest absolute Gasteiger partial charge is 0.368 e. The largest absolute Gasteiger partial charge is 0.493 e. The van der Waals surface area contributed by atoms with Crippen LogP contribution in [0.2, 0.25) is 5.02 Å². The zero-order valence-corrected chi connectivity index (χ0v) is 23.5. The molecule has 6 rings (SSSR count). The number of benzene rings is 1. The van der Waals surface area contributed by atoms with Crippen molar-refractivity contribution in [3.05, 3.63) is 34.7 Å². The molecule has 220 valence electrons. The summed E-state index contributed by atoms with van der Waals surface area (Å²) < 4.78 is 39.5. The number of halogens is 4. The van der Waals surface area contributed by atoms with Crippen molar-refractivity contribution in [1.82, 2.24) is 25.1 Å². The lowest BCUT2D eigenvalue weighted by atomic mass is 10.1. The van der Waals surface area contributed by atoms with Gasteiger partial charge in [-0.3, -0.25) is 5.10 Å². The van der Waals surface area contributed by atoms with Crippen molar-refractivity contribution in [3.63, 3.8) is 0 Å². The highest BCUT2D eigenvalue weighted by molar-refractivity contribution is 6.31. The van der Waals surface area contributed by atoms with Gasteiger partial charge in [-0.1, -0.05) is 11.6 Å². The van der Waals surface area contributed by atoms with Gasteiger partial charge in [0, 0.05) is 49.4 Å². The van der Waals surface area contributed by atoms with Crippen molar-refractivity contribution >= 4 is 45.8 Å². The summed E-state index contributed by atoms with van der Waals surface area (Å²) in [6, 6.07) is 3.37. The summed E-state index contributed by atoms with van der Waals surface area (Å²) in [5.74, 6) is -0.922. The van der Waals surface area contributed by atoms with E-state index in [-0.39, 0.29) is 6.54 Å². The second kappa shape index (κ2) is 11.2. The molecule has 0 atom stereocenters. The molecule has 2 aromatic heterocycles. The standard InChI is InChI=1S/C27H32ClF3N8O2/c1-17-20(14-19(28)15-21(17)39(41-26(40)27(29,30)31)13-8-36-6-2-3-7-36)37-9-11-38(12-10-37)25-22-23(18-4-5-18)34-35-24(22)32-16-33-25/h14-16,18H,2-13H2,1H3,(H,32,33,34,35). The quantitative estimate of drug-likeness (QED) is 0.381. The average Bonchev–Trinajstić information content (AvgIpc) is 3.47. The number of rotatable bonds is 8. The SMILES string of the molecule is Cc1c(N2CCN(c3ncnc4n[nH]c(C5CC5)c34)CC2)cc(Cl)cc1N(CCN1CCCC1)OC(=O)C(F)(F)F. The highest BCUT2D eigenvalue weighted by atomic mass is 35.5. The third-order valence-electron chi connectivity index (χ3n) is 8.09. The molecule has 1 saturated carbocycles. The highest BCUT2D eigenvalue weighted by Crippen LogP contribution is 2.44. The van der Waals surface area contributed by atoms with Crippen LogP contribution in [-0.2, 0) is 9.63 Å². The molecule has 0 unspecified atom stereocenters. The van der Waals surface area contributed by atoms with Crippen LogP contribution in [0.15, 0.2) is 18.5 Å². The van der Waals surface area contributed by atoms with Crippen molar-refractivity contribution in [2.24, 2.45) is 0 Å². The number of aromatic nitrogens is 4. The van der Waals surface area contributed by atoms with E-state index >= 15 is 0 Å². The first-order chi connectivity index (χ1) is 19.7. The van der Waals surface area contributed by atoms with E-state index in [2.05, 4.69) is 34.9 Å². The van der Waals surface area contributed by atoms with Crippen LogP contribution in [0.5, 0.6) is 0 Å². The average molecular weight is 593 g/mol. The Labute approximate surface area is 240 Å². The van der Waals surface area contributed by atoms with Gasteiger partial charge in [0.05, 0.1) is 23.3 Å². The Bertz CT molecular complexity index is 1420. The van der Waals surface area contributed by atoms with E-state index < -0.39 is 12.1 Å². The summed E-state index contributed by atoms with van der Waals surface area (Å²) in [5.41, 5.74) is 3.58. The fourth-order valence-corrected chi connectivity index (χ4v) is 5.98. The summed E-state index contributed by atoms with van der Waals surface area (Å²) in [4.78, 5) is 32.2. The Hall–Kier alpha value is -3.32. The van der Waals surface area contributed by atoms with E-state index in [1.54, 1.807) is 6.07 Å². The molecule has 3 aromatic rings. The molecule has 0 spiro atoms. The van der Waals surface area contributed by atoms with Crippen molar-refractivity contribution in [2.75, 3.05) is 67.2 Å². The molecule has 2 aliphatic heterocycles.